The predicted molar refractivity (Wildman–Crippen MR) is 129 cm³/mol. The number of halogens is 3. The zero-order valence-electron chi connectivity index (χ0n) is 19.4. The third kappa shape index (κ3) is 5.63. The van der Waals surface area contributed by atoms with Gasteiger partial charge in [0.1, 0.15) is 0 Å². The maximum absolute atomic E-state index is 13.5. The Morgan fingerprint density at radius 1 is 1.20 bits per heavy atom. The van der Waals surface area contributed by atoms with E-state index in [9.17, 15) is 22.8 Å². The summed E-state index contributed by atoms with van der Waals surface area (Å²) in [6, 6.07) is 8.34. The molecule has 35 heavy (non-hydrogen) atoms. The second-order valence-corrected chi connectivity index (χ2v) is 9.59. The minimum absolute atomic E-state index is 0.0125. The minimum atomic E-state index is -4.54. The van der Waals surface area contributed by atoms with Gasteiger partial charge >= 0.3 is 6.18 Å². The number of fused-ring (bicyclic) bond motifs is 1. The molecule has 7 nitrogen and oxygen atoms in total. The van der Waals surface area contributed by atoms with Crippen LogP contribution in [0, 0.1) is 0 Å². The molecular weight excluding hydrogens is 481 g/mol. The van der Waals surface area contributed by atoms with E-state index >= 15 is 0 Å². The standard InChI is InChI=1S/C24H25F3N4O3S/c1-13(2)31-9-10-34-18(12-31)17-7-8-19-21(30-23(35-19)28-14(3)32)20(17)22(33)29-16-6-4-5-15(11-16)24(25,26)27/h4-8,11,13,18H,9-10,12H2,1-3H3,(H,29,33)(H,28,30,32). The molecule has 186 valence electrons. The number of carbonyl (C=O) groups is 2. The lowest BCUT2D eigenvalue weighted by Gasteiger charge is -2.36. The van der Waals surface area contributed by atoms with Crippen LogP contribution in [-0.4, -0.2) is 47.4 Å². The summed E-state index contributed by atoms with van der Waals surface area (Å²) in [5.41, 5.74) is 0.304. The molecule has 1 aromatic heterocycles. The molecule has 0 aliphatic carbocycles. The summed E-state index contributed by atoms with van der Waals surface area (Å²) in [7, 11) is 0. The van der Waals surface area contributed by atoms with Gasteiger partial charge in [0, 0.05) is 31.7 Å². The first-order chi connectivity index (χ1) is 16.5. The number of hydrogen-bond acceptors (Lipinski definition) is 6. The summed E-state index contributed by atoms with van der Waals surface area (Å²) in [6.45, 7) is 7.29. The van der Waals surface area contributed by atoms with Crippen LogP contribution in [0.1, 0.15) is 48.4 Å². The molecule has 1 saturated heterocycles. The number of rotatable bonds is 5. The number of benzene rings is 2. The Hall–Kier alpha value is -3.02. The van der Waals surface area contributed by atoms with E-state index in [2.05, 4.69) is 34.4 Å². The van der Waals surface area contributed by atoms with Gasteiger partial charge in [-0.3, -0.25) is 14.5 Å². The van der Waals surface area contributed by atoms with Gasteiger partial charge in [0.2, 0.25) is 5.91 Å². The molecule has 0 saturated carbocycles. The van der Waals surface area contributed by atoms with E-state index in [0.29, 0.717) is 34.1 Å². The zero-order chi connectivity index (χ0) is 25.3. The fraction of sp³-hybridized carbons (Fsp3) is 0.375. The molecule has 3 aromatic rings. The molecule has 1 aliphatic rings. The van der Waals surface area contributed by atoms with E-state index in [1.165, 1.54) is 30.4 Å². The Labute approximate surface area is 204 Å². The average Bonchev–Trinajstić information content (AvgIpc) is 3.19. The Morgan fingerprint density at radius 3 is 2.66 bits per heavy atom. The van der Waals surface area contributed by atoms with Crippen molar-refractivity contribution in [3.05, 3.63) is 53.1 Å². The number of anilines is 2. The van der Waals surface area contributed by atoms with Crippen molar-refractivity contribution in [3.8, 4) is 0 Å². The number of nitrogens with zero attached hydrogens (tertiary/aromatic N) is 2. The summed E-state index contributed by atoms with van der Waals surface area (Å²) < 4.78 is 46.2. The molecule has 1 fully saturated rings. The van der Waals surface area contributed by atoms with Gasteiger partial charge < -0.3 is 15.4 Å². The van der Waals surface area contributed by atoms with Crippen molar-refractivity contribution in [1.82, 2.24) is 9.88 Å². The lowest BCUT2D eigenvalue weighted by atomic mass is 9.98. The number of amides is 2. The lowest BCUT2D eigenvalue weighted by Crippen LogP contribution is -2.42. The molecule has 2 N–H and O–H groups in total. The van der Waals surface area contributed by atoms with Crippen LogP contribution in [0.15, 0.2) is 36.4 Å². The largest absolute Gasteiger partial charge is 0.416 e. The Morgan fingerprint density at radius 2 is 1.97 bits per heavy atom. The summed E-state index contributed by atoms with van der Waals surface area (Å²) in [6.07, 6.45) is -4.96. The quantitative estimate of drug-likeness (QED) is 0.490. The first kappa shape index (κ1) is 25.1. The van der Waals surface area contributed by atoms with Gasteiger partial charge in [0.05, 0.1) is 34.1 Å². The number of hydrogen-bond donors (Lipinski definition) is 2. The second kappa shape index (κ2) is 9.92. The van der Waals surface area contributed by atoms with Gasteiger partial charge in [-0.2, -0.15) is 13.2 Å². The third-order valence-corrected chi connectivity index (χ3v) is 6.66. The molecule has 2 aromatic carbocycles. The van der Waals surface area contributed by atoms with E-state index in [0.717, 1.165) is 18.7 Å². The molecule has 0 bridgehead atoms. The summed E-state index contributed by atoms with van der Waals surface area (Å²) in [5.74, 6) is -0.905. The molecule has 2 heterocycles. The van der Waals surface area contributed by atoms with Gasteiger partial charge in [-0.25, -0.2) is 4.98 Å². The molecule has 1 aliphatic heterocycles. The van der Waals surface area contributed by atoms with Crippen LogP contribution in [0.5, 0.6) is 0 Å². The SMILES string of the molecule is CC(=O)Nc1nc2c(C(=O)Nc3cccc(C(F)(F)F)c3)c(C3CN(C(C)C)CCO3)ccc2s1. The minimum Gasteiger partial charge on any atom is -0.371 e. The topological polar surface area (TPSA) is 83.6 Å². The van der Waals surface area contributed by atoms with Crippen molar-refractivity contribution >= 4 is 44.2 Å². The van der Waals surface area contributed by atoms with Crippen molar-refractivity contribution in [2.45, 2.75) is 39.1 Å². The van der Waals surface area contributed by atoms with Crippen molar-refractivity contribution in [2.24, 2.45) is 0 Å². The fourth-order valence-corrected chi connectivity index (χ4v) is 4.93. The van der Waals surface area contributed by atoms with Gasteiger partial charge in [-0.1, -0.05) is 23.5 Å². The number of ether oxygens (including phenoxy) is 1. The van der Waals surface area contributed by atoms with Crippen LogP contribution in [0.2, 0.25) is 0 Å². The first-order valence-corrected chi connectivity index (χ1v) is 11.9. The first-order valence-electron chi connectivity index (χ1n) is 11.1. The summed E-state index contributed by atoms with van der Waals surface area (Å²) in [4.78, 5) is 31.7. The van der Waals surface area contributed by atoms with Gasteiger partial charge in [0.25, 0.3) is 5.91 Å². The van der Waals surface area contributed by atoms with Crippen molar-refractivity contribution in [2.75, 3.05) is 30.3 Å². The molecule has 0 spiro atoms. The van der Waals surface area contributed by atoms with E-state index in [1.54, 1.807) is 6.07 Å². The highest BCUT2D eigenvalue weighted by Crippen LogP contribution is 2.36. The highest BCUT2D eigenvalue weighted by molar-refractivity contribution is 7.22. The monoisotopic (exact) mass is 506 g/mol. The number of thiazole rings is 1. The van der Waals surface area contributed by atoms with Crippen LogP contribution < -0.4 is 10.6 Å². The molecule has 4 rings (SSSR count). The van der Waals surface area contributed by atoms with Crippen molar-refractivity contribution < 1.29 is 27.5 Å². The zero-order valence-corrected chi connectivity index (χ0v) is 20.2. The molecular formula is C24H25F3N4O3S. The van der Waals surface area contributed by atoms with Gasteiger partial charge in [-0.05, 0) is 43.7 Å². The Bertz CT molecular complexity index is 1260. The fourth-order valence-electron chi connectivity index (χ4n) is 4.01. The molecule has 0 radical (unpaired) electrons. The predicted octanol–water partition coefficient (Wildman–Crippen LogP) is 5.31. The lowest BCUT2D eigenvalue weighted by molar-refractivity contribution is -0.137. The molecule has 11 heteroatoms. The van der Waals surface area contributed by atoms with Crippen LogP contribution in [-0.2, 0) is 15.7 Å². The van der Waals surface area contributed by atoms with E-state index in [-0.39, 0.29) is 23.2 Å². The summed E-state index contributed by atoms with van der Waals surface area (Å²) in [5, 5.41) is 5.55. The maximum atomic E-state index is 13.5. The van der Waals surface area contributed by atoms with Crippen molar-refractivity contribution in [3.63, 3.8) is 0 Å². The van der Waals surface area contributed by atoms with Crippen LogP contribution >= 0.6 is 11.3 Å². The number of alkyl halides is 3. The van der Waals surface area contributed by atoms with Crippen molar-refractivity contribution in [1.29, 1.82) is 0 Å². The smallest absolute Gasteiger partial charge is 0.371 e. The Balaban J connectivity index is 1.77. The van der Waals surface area contributed by atoms with Gasteiger partial charge in [-0.15, -0.1) is 0 Å². The van der Waals surface area contributed by atoms with E-state index in [4.69, 9.17) is 4.74 Å². The van der Waals surface area contributed by atoms with Crippen LogP contribution in [0.25, 0.3) is 10.2 Å². The molecule has 1 atom stereocenters. The number of carbonyl (C=O) groups excluding carboxylic acids is 2. The normalized spacial score (nSPS) is 17.1. The number of aromatic nitrogens is 1. The molecule has 1 unspecified atom stereocenters. The third-order valence-electron chi connectivity index (χ3n) is 5.73. The molecule has 2 amide bonds. The van der Waals surface area contributed by atoms with Crippen LogP contribution in [0.4, 0.5) is 24.0 Å². The average molecular weight is 507 g/mol. The number of nitrogens with one attached hydrogen (secondary N) is 2. The van der Waals surface area contributed by atoms with E-state index < -0.39 is 23.8 Å². The van der Waals surface area contributed by atoms with E-state index in [1.807, 2.05) is 6.07 Å². The number of morpholine rings is 1. The Kier molecular flexibility index (Phi) is 7.11. The van der Waals surface area contributed by atoms with Crippen LogP contribution in [0.3, 0.4) is 0 Å². The highest BCUT2D eigenvalue weighted by Gasteiger charge is 2.32. The maximum Gasteiger partial charge on any atom is 0.416 e. The highest BCUT2D eigenvalue weighted by atomic mass is 32.1. The summed E-state index contributed by atoms with van der Waals surface area (Å²) >= 11 is 1.21. The second-order valence-electron chi connectivity index (χ2n) is 8.56. The van der Waals surface area contributed by atoms with Gasteiger partial charge in [0.15, 0.2) is 5.13 Å².